The quantitative estimate of drug-likeness (QED) is 0.703. The molecule has 1 fully saturated rings. The smallest absolute Gasteiger partial charge is 0.252 e. The number of anilines is 1. The van der Waals surface area contributed by atoms with E-state index < -0.39 is 0 Å². The zero-order valence-electron chi connectivity index (χ0n) is 15.3. The number of rotatable bonds is 6. The summed E-state index contributed by atoms with van der Waals surface area (Å²) in [5.41, 5.74) is 0.429. The Kier molecular flexibility index (Phi) is 7.12. The van der Waals surface area contributed by atoms with Crippen molar-refractivity contribution >= 4 is 40.8 Å². The van der Waals surface area contributed by atoms with Gasteiger partial charge >= 0.3 is 0 Å². The van der Waals surface area contributed by atoms with E-state index in [1.54, 1.807) is 30.5 Å². The fourth-order valence-electron chi connectivity index (χ4n) is 3.17. The number of hydrogen-bond acceptors (Lipinski definition) is 4. The van der Waals surface area contributed by atoms with Crippen molar-refractivity contribution in [2.75, 3.05) is 31.1 Å². The van der Waals surface area contributed by atoms with Crippen molar-refractivity contribution in [3.63, 3.8) is 0 Å². The summed E-state index contributed by atoms with van der Waals surface area (Å²) in [7, 11) is 0. The second-order valence-electron chi connectivity index (χ2n) is 6.62. The molecule has 1 aliphatic rings. The van der Waals surface area contributed by atoms with Crippen LogP contribution in [0, 0.1) is 5.92 Å². The maximum Gasteiger partial charge on any atom is 0.252 e. The molecule has 2 aromatic rings. The molecule has 28 heavy (non-hydrogen) atoms. The van der Waals surface area contributed by atoms with Gasteiger partial charge in [0.05, 0.1) is 15.6 Å². The third-order valence-electron chi connectivity index (χ3n) is 4.73. The molecular formula is C20H22Cl2N4O2. The van der Waals surface area contributed by atoms with E-state index in [4.69, 9.17) is 23.2 Å². The molecule has 1 aliphatic heterocycles. The van der Waals surface area contributed by atoms with Crippen LogP contribution in [0.15, 0.2) is 42.6 Å². The summed E-state index contributed by atoms with van der Waals surface area (Å²) < 4.78 is 0. The van der Waals surface area contributed by atoms with Gasteiger partial charge in [-0.1, -0.05) is 35.3 Å². The largest absolute Gasteiger partial charge is 0.357 e. The zero-order valence-corrected chi connectivity index (χ0v) is 16.8. The van der Waals surface area contributed by atoms with E-state index in [1.807, 2.05) is 12.1 Å². The van der Waals surface area contributed by atoms with E-state index in [9.17, 15) is 9.59 Å². The van der Waals surface area contributed by atoms with Crippen molar-refractivity contribution in [2.24, 2.45) is 5.92 Å². The van der Waals surface area contributed by atoms with Crippen molar-refractivity contribution in [1.29, 1.82) is 0 Å². The Balaban J connectivity index is 1.37. The predicted octanol–water partition coefficient (Wildman–Crippen LogP) is 3.15. The average molecular weight is 421 g/mol. The Morgan fingerprint density at radius 1 is 1.04 bits per heavy atom. The molecule has 0 aliphatic carbocycles. The van der Waals surface area contributed by atoms with Crippen molar-refractivity contribution < 1.29 is 9.59 Å². The highest BCUT2D eigenvalue weighted by atomic mass is 35.5. The van der Waals surface area contributed by atoms with Crippen LogP contribution in [0.25, 0.3) is 0 Å². The first-order chi connectivity index (χ1) is 13.5. The number of halogens is 2. The van der Waals surface area contributed by atoms with Gasteiger partial charge in [-0.2, -0.15) is 0 Å². The van der Waals surface area contributed by atoms with Gasteiger partial charge in [-0.15, -0.1) is 0 Å². The molecule has 2 heterocycles. The number of carbonyl (C=O) groups is 2. The van der Waals surface area contributed by atoms with E-state index in [2.05, 4.69) is 20.5 Å². The van der Waals surface area contributed by atoms with Gasteiger partial charge in [-0.25, -0.2) is 4.98 Å². The lowest BCUT2D eigenvalue weighted by Crippen LogP contribution is -2.42. The van der Waals surface area contributed by atoms with Crippen LogP contribution in [0.2, 0.25) is 10.0 Å². The molecule has 0 bridgehead atoms. The predicted molar refractivity (Wildman–Crippen MR) is 111 cm³/mol. The van der Waals surface area contributed by atoms with Crippen molar-refractivity contribution in [3.05, 3.63) is 58.2 Å². The van der Waals surface area contributed by atoms with Gasteiger partial charge in [-0.3, -0.25) is 9.59 Å². The molecule has 2 N–H and O–H groups in total. The highest BCUT2D eigenvalue weighted by Gasteiger charge is 2.25. The number of carbonyl (C=O) groups excluding carboxylic acids is 2. The lowest BCUT2D eigenvalue weighted by atomic mass is 9.96. The Morgan fingerprint density at radius 2 is 1.75 bits per heavy atom. The number of amides is 2. The van der Waals surface area contributed by atoms with Crippen molar-refractivity contribution in [1.82, 2.24) is 15.6 Å². The molecule has 1 aromatic carbocycles. The lowest BCUT2D eigenvalue weighted by Gasteiger charge is -2.32. The van der Waals surface area contributed by atoms with Gasteiger partial charge in [0.25, 0.3) is 5.91 Å². The first kappa shape index (κ1) is 20.4. The van der Waals surface area contributed by atoms with E-state index >= 15 is 0 Å². The van der Waals surface area contributed by atoms with Gasteiger partial charge in [0.1, 0.15) is 5.82 Å². The van der Waals surface area contributed by atoms with Crippen LogP contribution in [-0.2, 0) is 4.79 Å². The van der Waals surface area contributed by atoms with Gasteiger partial charge in [0, 0.05) is 38.3 Å². The molecule has 6 nitrogen and oxygen atoms in total. The molecule has 1 saturated heterocycles. The van der Waals surface area contributed by atoms with Crippen molar-refractivity contribution in [2.45, 2.75) is 12.8 Å². The first-order valence-corrected chi connectivity index (χ1v) is 9.97. The van der Waals surface area contributed by atoms with Crippen LogP contribution in [0.1, 0.15) is 23.2 Å². The Bertz CT molecular complexity index is 821. The Hall–Kier alpha value is -2.31. The summed E-state index contributed by atoms with van der Waals surface area (Å²) >= 11 is 11.9. The highest BCUT2D eigenvalue weighted by molar-refractivity contribution is 6.33. The maximum atomic E-state index is 12.4. The fraction of sp³-hybridized carbons (Fsp3) is 0.350. The molecule has 0 unspecified atom stereocenters. The maximum absolute atomic E-state index is 12.4. The number of piperidine rings is 1. The van der Waals surface area contributed by atoms with Crippen LogP contribution in [-0.4, -0.2) is 43.0 Å². The minimum absolute atomic E-state index is 0.0238. The van der Waals surface area contributed by atoms with Crippen LogP contribution >= 0.6 is 23.2 Å². The van der Waals surface area contributed by atoms with E-state index in [1.165, 1.54) is 0 Å². The first-order valence-electron chi connectivity index (χ1n) is 9.21. The van der Waals surface area contributed by atoms with Gasteiger partial charge in [-0.05, 0) is 37.1 Å². The number of aromatic nitrogens is 1. The standard InChI is InChI=1S/C20H22Cl2N4O2/c21-15-5-6-18(25-13-15)26-11-7-14(8-12-26)19(27)23-9-10-24-20(28)16-3-1-2-4-17(16)22/h1-6,13-14H,7-12H2,(H,23,27)(H,24,28). The number of pyridine rings is 1. The summed E-state index contributed by atoms with van der Waals surface area (Å²) in [4.78, 5) is 30.9. The number of nitrogens with zero attached hydrogens (tertiary/aromatic N) is 2. The molecule has 3 rings (SSSR count). The van der Waals surface area contributed by atoms with Crippen LogP contribution in [0.3, 0.4) is 0 Å². The summed E-state index contributed by atoms with van der Waals surface area (Å²) in [6.45, 7) is 2.28. The summed E-state index contributed by atoms with van der Waals surface area (Å²) in [5, 5.41) is 6.68. The van der Waals surface area contributed by atoms with Gasteiger partial charge in [0.15, 0.2) is 0 Å². The monoisotopic (exact) mass is 420 g/mol. The molecule has 0 radical (unpaired) electrons. The summed E-state index contributed by atoms with van der Waals surface area (Å²) in [5.74, 6) is 0.632. The topological polar surface area (TPSA) is 74.3 Å². The molecule has 1 aromatic heterocycles. The fourth-order valence-corrected chi connectivity index (χ4v) is 3.51. The van der Waals surface area contributed by atoms with Crippen molar-refractivity contribution in [3.8, 4) is 0 Å². The summed E-state index contributed by atoms with van der Waals surface area (Å²) in [6.07, 6.45) is 3.16. The number of hydrogen-bond donors (Lipinski definition) is 2. The minimum atomic E-state index is -0.247. The molecule has 0 saturated carbocycles. The normalized spacial score (nSPS) is 14.6. The molecule has 0 atom stereocenters. The number of benzene rings is 1. The molecule has 2 amide bonds. The highest BCUT2D eigenvalue weighted by Crippen LogP contribution is 2.22. The van der Waals surface area contributed by atoms with E-state index in [0.29, 0.717) is 28.7 Å². The van der Waals surface area contributed by atoms with Gasteiger partial charge < -0.3 is 15.5 Å². The van der Waals surface area contributed by atoms with E-state index in [-0.39, 0.29) is 17.7 Å². The SMILES string of the molecule is O=C(NCCNC(=O)C1CCN(c2ccc(Cl)cn2)CC1)c1ccccc1Cl. The van der Waals surface area contributed by atoms with Crippen LogP contribution in [0.4, 0.5) is 5.82 Å². The minimum Gasteiger partial charge on any atom is -0.357 e. The van der Waals surface area contributed by atoms with Crippen LogP contribution in [0.5, 0.6) is 0 Å². The zero-order chi connectivity index (χ0) is 19.9. The summed E-state index contributed by atoms with van der Waals surface area (Å²) in [6, 6.07) is 10.6. The second-order valence-corrected chi connectivity index (χ2v) is 7.47. The molecule has 148 valence electrons. The Labute approximate surface area is 174 Å². The number of nitrogens with one attached hydrogen (secondary N) is 2. The molecule has 8 heteroatoms. The average Bonchev–Trinajstić information content (AvgIpc) is 2.72. The van der Waals surface area contributed by atoms with Crippen LogP contribution < -0.4 is 15.5 Å². The second kappa shape index (κ2) is 9.75. The Morgan fingerprint density at radius 3 is 2.43 bits per heavy atom. The van der Waals surface area contributed by atoms with Gasteiger partial charge in [0.2, 0.25) is 5.91 Å². The van der Waals surface area contributed by atoms with E-state index in [0.717, 1.165) is 31.7 Å². The molecular weight excluding hydrogens is 399 g/mol. The third kappa shape index (κ3) is 5.36. The molecule has 0 spiro atoms. The lowest BCUT2D eigenvalue weighted by molar-refractivity contribution is -0.125. The third-order valence-corrected chi connectivity index (χ3v) is 5.28.